The largest absolute Gasteiger partial charge is 0.342 e. The summed E-state index contributed by atoms with van der Waals surface area (Å²) in [5.41, 5.74) is 5.58. The number of rotatable bonds is 4. The van der Waals surface area contributed by atoms with E-state index in [1.165, 1.54) is 0 Å². The van der Waals surface area contributed by atoms with Gasteiger partial charge in [0.2, 0.25) is 5.91 Å². The van der Waals surface area contributed by atoms with Crippen molar-refractivity contribution < 1.29 is 4.79 Å². The van der Waals surface area contributed by atoms with Crippen LogP contribution in [-0.4, -0.2) is 29.9 Å². The highest BCUT2D eigenvalue weighted by Crippen LogP contribution is 1.95. The van der Waals surface area contributed by atoms with E-state index in [2.05, 4.69) is 0 Å². The van der Waals surface area contributed by atoms with E-state index in [9.17, 15) is 4.79 Å². The maximum absolute atomic E-state index is 11.3. The summed E-state index contributed by atoms with van der Waals surface area (Å²) in [6.45, 7) is 7.35. The van der Waals surface area contributed by atoms with Gasteiger partial charge in [0.1, 0.15) is 0 Å². The molecule has 2 N–H and O–H groups in total. The highest BCUT2D eigenvalue weighted by Gasteiger charge is 2.15. The zero-order valence-electron chi connectivity index (χ0n) is 7.63. The fourth-order valence-corrected chi connectivity index (χ4v) is 0.944. The fraction of sp³-hybridized carbons (Fsp3) is 0.875. The normalized spacial score (nSPS) is 12.7. The van der Waals surface area contributed by atoms with Crippen LogP contribution in [0.1, 0.15) is 27.2 Å². The number of likely N-dealkylation sites (N-methyl/N-ethyl adjacent to an activating group) is 1. The maximum atomic E-state index is 11.3. The average molecular weight is 158 g/mol. The third-order valence-corrected chi connectivity index (χ3v) is 1.83. The molecule has 0 aliphatic heterocycles. The van der Waals surface area contributed by atoms with Crippen molar-refractivity contribution in [1.82, 2.24) is 4.90 Å². The molecular formula is C8H18N2O. The lowest BCUT2D eigenvalue weighted by atomic mass is 10.2. The highest BCUT2D eigenvalue weighted by molar-refractivity contribution is 5.81. The third-order valence-electron chi connectivity index (χ3n) is 1.83. The van der Waals surface area contributed by atoms with Gasteiger partial charge < -0.3 is 10.6 Å². The number of amides is 1. The molecule has 0 bridgehead atoms. The van der Waals surface area contributed by atoms with E-state index in [1.54, 1.807) is 4.90 Å². The Bertz CT molecular complexity index is 121. The molecule has 0 fully saturated rings. The average Bonchev–Trinajstić information content (AvgIpc) is 2.05. The molecule has 0 aromatic carbocycles. The van der Waals surface area contributed by atoms with Gasteiger partial charge in [0.15, 0.2) is 0 Å². The number of nitrogens with two attached hydrogens (primary N) is 1. The first-order valence-corrected chi connectivity index (χ1v) is 4.21. The van der Waals surface area contributed by atoms with Gasteiger partial charge in [-0.25, -0.2) is 0 Å². The SMILES string of the molecule is CC[C@H](N)C(=O)N(CC)CC. The van der Waals surface area contributed by atoms with Crippen molar-refractivity contribution in [1.29, 1.82) is 0 Å². The molecule has 0 saturated heterocycles. The number of hydrogen-bond donors (Lipinski definition) is 1. The second-order valence-corrected chi connectivity index (χ2v) is 2.53. The van der Waals surface area contributed by atoms with Crippen LogP contribution in [0.25, 0.3) is 0 Å². The lowest BCUT2D eigenvalue weighted by molar-refractivity contribution is -0.132. The summed E-state index contributed by atoms with van der Waals surface area (Å²) < 4.78 is 0. The van der Waals surface area contributed by atoms with Gasteiger partial charge in [-0.3, -0.25) is 4.79 Å². The summed E-state index contributed by atoms with van der Waals surface area (Å²) >= 11 is 0. The van der Waals surface area contributed by atoms with E-state index in [0.29, 0.717) is 0 Å². The Hall–Kier alpha value is -0.570. The van der Waals surface area contributed by atoms with Crippen LogP contribution < -0.4 is 5.73 Å². The number of hydrogen-bond acceptors (Lipinski definition) is 2. The van der Waals surface area contributed by atoms with Crippen molar-refractivity contribution >= 4 is 5.91 Å². The Morgan fingerprint density at radius 3 is 2.09 bits per heavy atom. The van der Waals surface area contributed by atoms with Gasteiger partial charge in [-0.1, -0.05) is 6.92 Å². The fourth-order valence-electron chi connectivity index (χ4n) is 0.944. The third kappa shape index (κ3) is 2.89. The first-order valence-electron chi connectivity index (χ1n) is 4.21. The van der Waals surface area contributed by atoms with Crippen LogP contribution in [-0.2, 0) is 4.79 Å². The predicted octanol–water partition coefficient (Wildman–Crippen LogP) is 0.592. The molecule has 0 spiro atoms. The van der Waals surface area contributed by atoms with Crippen molar-refractivity contribution in [2.75, 3.05) is 13.1 Å². The quantitative estimate of drug-likeness (QED) is 0.651. The second kappa shape index (κ2) is 5.13. The minimum absolute atomic E-state index is 0.0671. The van der Waals surface area contributed by atoms with Crippen LogP contribution in [0.3, 0.4) is 0 Å². The van der Waals surface area contributed by atoms with Gasteiger partial charge in [-0.2, -0.15) is 0 Å². The van der Waals surface area contributed by atoms with Crippen LogP contribution >= 0.6 is 0 Å². The predicted molar refractivity (Wildman–Crippen MR) is 46.2 cm³/mol. The zero-order chi connectivity index (χ0) is 8.85. The Balaban J connectivity index is 3.97. The lowest BCUT2D eigenvalue weighted by Gasteiger charge is -2.21. The molecule has 0 aliphatic carbocycles. The molecule has 1 atom stereocenters. The van der Waals surface area contributed by atoms with Crippen molar-refractivity contribution in [2.45, 2.75) is 33.2 Å². The maximum Gasteiger partial charge on any atom is 0.239 e. The minimum Gasteiger partial charge on any atom is -0.342 e. The summed E-state index contributed by atoms with van der Waals surface area (Å²) in [5, 5.41) is 0. The molecule has 0 aromatic rings. The van der Waals surface area contributed by atoms with E-state index in [4.69, 9.17) is 5.73 Å². The number of nitrogens with zero attached hydrogens (tertiary/aromatic N) is 1. The molecule has 11 heavy (non-hydrogen) atoms. The summed E-state index contributed by atoms with van der Waals surface area (Å²) in [5.74, 6) is 0.0671. The van der Waals surface area contributed by atoms with Crippen LogP contribution in [0.15, 0.2) is 0 Å². The molecule has 1 amide bonds. The topological polar surface area (TPSA) is 46.3 Å². The Morgan fingerprint density at radius 1 is 1.36 bits per heavy atom. The molecule has 66 valence electrons. The molecule has 0 aromatic heterocycles. The molecule has 0 rings (SSSR count). The van der Waals surface area contributed by atoms with Crippen LogP contribution in [0.2, 0.25) is 0 Å². The zero-order valence-corrected chi connectivity index (χ0v) is 7.63. The number of carbonyl (C=O) groups excluding carboxylic acids is 1. The minimum atomic E-state index is -0.310. The molecule has 0 unspecified atom stereocenters. The molecule has 3 heteroatoms. The Morgan fingerprint density at radius 2 is 1.82 bits per heavy atom. The smallest absolute Gasteiger partial charge is 0.239 e. The van der Waals surface area contributed by atoms with Crippen molar-refractivity contribution in [3.63, 3.8) is 0 Å². The molecule has 0 aliphatic rings. The first kappa shape index (κ1) is 10.4. The summed E-state index contributed by atoms with van der Waals surface area (Å²) in [7, 11) is 0. The van der Waals surface area contributed by atoms with Crippen molar-refractivity contribution in [2.24, 2.45) is 5.73 Å². The number of carbonyl (C=O) groups is 1. The Kier molecular flexibility index (Phi) is 4.86. The van der Waals surface area contributed by atoms with Crippen molar-refractivity contribution in [3.8, 4) is 0 Å². The highest BCUT2D eigenvalue weighted by atomic mass is 16.2. The van der Waals surface area contributed by atoms with Crippen molar-refractivity contribution in [3.05, 3.63) is 0 Å². The first-order chi connectivity index (χ1) is 5.17. The molecule has 0 heterocycles. The van der Waals surface area contributed by atoms with E-state index in [0.717, 1.165) is 19.5 Å². The van der Waals surface area contributed by atoms with Crippen LogP contribution in [0, 0.1) is 0 Å². The second-order valence-electron chi connectivity index (χ2n) is 2.53. The van der Waals surface area contributed by atoms with Crippen LogP contribution in [0.4, 0.5) is 0 Å². The van der Waals surface area contributed by atoms with E-state index >= 15 is 0 Å². The standard InChI is InChI=1S/C8H18N2O/c1-4-7(9)8(11)10(5-2)6-3/h7H,4-6,9H2,1-3H3/t7-/m0/s1. The monoisotopic (exact) mass is 158 g/mol. The molecule has 0 saturated carbocycles. The summed E-state index contributed by atoms with van der Waals surface area (Å²) in [6.07, 6.45) is 0.718. The molecular weight excluding hydrogens is 140 g/mol. The van der Waals surface area contributed by atoms with Gasteiger partial charge in [-0.15, -0.1) is 0 Å². The lowest BCUT2D eigenvalue weighted by Crippen LogP contribution is -2.43. The van der Waals surface area contributed by atoms with Gasteiger partial charge in [-0.05, 0) is 20.3 Å². The van der Waals surface area contributed by atoms with E-state index in [-0.39, 0.29) is 11.9 Å². The summed E-state index contributed by atoms with van der Waals surface area (Å²) in [4.78, 5) is 13.1. The van der Waals surface area contributed by atoms with E-state index in [1.807, 2.05) is 20.8 Å². The molecule has 0 radical (unpaired) electrons. The molecule has 3 nitrogen and oxygen atoms in total. The van der Waals surface area contributed by atoms with Crippen LogP contribution in [0.5, 0.6) is 0 Å². The van der Waals surface area contributed by atoms with Gasteiger partial charge in [0.05, 0.1) is 6.04 Å². The van der Waals surface area contributed by atoms with Gasteiger partial charge in [0, 0.05) is 13.1 Å². The van der Waals surface area contributed by atoms with Gasteiger partial charge >= 0.3 is 0 Å². The van der Waals surface area contributed by atoms with Gasteiger partial charge in [0.25, 0.3) is 0 Å². The Labute approximate surface area is 68.6 Å². The van der Waals surface area contributed by atoms with E-state index < -0.39 is 0 Å². The summed E-state index contributed by atoms with van der Waals surface area (Å²) in [6, 6.07) is -0.310.